The zero-order valence-corrected chi connectivity index (χ0v) is 7.26. The van der Waals surface area contributed by atoms with Gasteiger partial charge in [-0.2, -0.15) is 0 Å². The normalized spacial score (nSPS) is 16.1. The van der Waals surface area contributed by atoms with Crippen molar-refractivity contribution in [1.29, 1.82) is 0 Å². The molecule has 11 heavy (non-hydrogen) atoms. The molecule has 0 spiro atoms. The summed E-state index contributed by atoms with van der Waals surface area (Å²) in [4.78, 5) is 0. The maximum absolute atomic E-state index is 9.66. The Labute approximate surface area is 67.7 Å². The maximum atomic E-state index is 9.66. The molecule has 0 fully saturated rings. The van der Waals surface area contributed by atoms with Crippen LogP contribution in [-0.4, -0.2) is 5.11 Å². The Hall–Kier alpha value is -0.980. The van der Waals surface area contributed by atoms with E-state index in [-0.39, 0.29) is 5.41 Å². The van der Waals surface area contributed by atoms with E-state index in [1.807, 2.05) is 45.1 Å². The largest absolute Gasteiger partial charge is 0.511 e. The molecule has 1 aliphatic carbocycles. The van der Waals surface area contributed by atoms with Gasteiger partial charge in [-0.1, -0.05) is 45.1 Å². The van der Waals surface area contributed by atoms with Gasteiger partial charge in [0.2, 0.25) is 0 Å². The predicted molar refractivity (Wildman–Crippen MR) is 47.4 cm³/mol. The van der Waals surface area contributed by atoms with Crippen LogP contribution in [0.15, 0.2) is 35.6 Å². The molecule has 1 heteroatoms. The lowest BCUT2D eigenvalue weighted by Crippen LogP contribution is -2.10. The fourth-order valence-electron chi connectivity index (χ4n) is 0.965. The standard InChI is InChI=1S/C10H14O/c1-10(2,3)9(11)8-6-4-5-7-8/h4-7,11H,1-3H3. The molecule has 0 unspecified atom stereocenters. The number of aliphatic hydroxyl groups is 1. The van der Waals surface area contributed by atoms with E-state index in [4.69, 9.17) is 0 Å². The minimum atomic E-state index is -0.144. The van der Waals surface area contributed by atoms with Gasteiger partial charge in [0.15, 0.2) is 0 Å². The van der Waals surface area contributed by atoms with Crippen LogP contribution in [0.5, 0.6) is 0 Å². The summed E-state index contributed by atoms with van der Waals surface area (Å²) in [6.45, 7) is 5.99. The van der Waals surface area contributed by atoms with Gasteiger partial charge in [0, 0.05) is 11.0 Å². The van der Waals surface area contributed by atoms with Gasteiger partial charge in [0.25, 0.3) is 0 Å². The van der Waals surface area contributed by atoms with Gasteiger partial charge in [-0.25, -0.2) is 0 Å². The molecule has 0 saturated carbocycles. The lowest BCUT2D eigenvalue weighted by molar-refractivity contribution is 0.274. The summed E-state index contributed by atoms with van der Waals surface area (Å²) in [5.74, 6) is 0.461. The van der Waals surface area contributed by atoms with Crippen LogP contribution in [0.2, 0.25) is 0 Å². The minimum absolute atomic E-state index is 0.144. The summed E-state index contributed by atoms with van der Waals surface area (Å²) in [6.07, 6.45) is 7.69. The molecule has 0 amide bonds. The maximum Gasteiger partial charge on any atom is 0.105 e. The molecular formula is C10H14O. The van der Waals surface area contributed by atoms with Gasteiger partial charge in [-0.15, -0.1) is 0 Å². The lowest BCUT2D eigenvalue weighted by atomic mass is 9.91. The molecule has 60 valence electrons. The quantitative estimate of drug-likeness (QED) is 0.526. The third-order valence-electron chi connectivity index (χ3n) is 1.65. The van der Waals surface area contributed by atoms with Crippen LogP contribution in [0, 0.1) is 5.41 Å². The SMILES string of the molecule is CC(C)(C)C(O)=C1C=CC=C1. The van der Waals surface area contributed by atoms with Crippen LogP contribution in [-0.2, 0) is 0 Å². The second-order valence-electron chi connectivity index (χ2n) is 3.77. The Morgan fingerprint density at radius 3 is 2.00 bits per heavy atom. The highest BCUT2D eigenvalue weighted by Crippen LogP contribution is 2.27. The lowest BCUT2D eigenvalue weighted by Gasteiger charge is -2.18. The molecule has 0 heterocycles. The highest BCUT2D eigenvalue weighted by molar-refractivity contribution is 5.42. The molecule has 1 rings (SSSR count). The fourth-order valence-corrected chi connectivity index (χ4v) is 0.965. The average Bonchev–Trinajstić information content (AvgIpc) is 2.34. The first kappa shape index (κ1) is 8.12. The molecule has 0 aromatic heterocycles. The van der Waals surface area contributed by atoms with Crippen molar-refractivity contribution in [3.63, 3.8) is 0 Å². The molecule has 1 N–H and O–H groups in total. The van der Waals surface area contributed by atoms with Crippen molar-refractivity contribution in [3.8, 4) is 0 Å². The van der Waals surface area contributed by atoms with Gasteiger partial charge in [0.1, 0.15) is 5.76 Å². The van der Waals surface area contributed by atoms with Crippen molar-refractivity contribution in [2.75, 3.05) is 0 Å². The minimum Gasteiger partial charge on any atom is -0.511 e. The predicted octanol–water partition coefficient (Wildman–Crippen LogP) is 2.97. The highest BCUT2D eigenvalue weighted by atomic mass is 16.3. The van der Waals surface area contributed by atoms with Crippen LogP contribution in [0.1, 0.15) is 20.8 Å². The highest BCUT2D eigenvalue weighted by Gasteiger charge is 2.18. The second-order valence-corrected chi connectivity index (χ2v) is 3.77. The third kappa shape index (κ3) is 1.73. The van der Waals surface area contributed by atoms with Gasteiger partial charge >= 0.3 is 0 Å². The van der Waals surface area contributed by atoms with E-state index in [0.29, 0.717) is 5.76 Å². The van der Waals surface area contributed by atoms with E-state index >= 15 is 0 Å². The van der Waals surface area contributed by atoms with Crippen molar-refractivity contribution in [1.82, 2.24) is 0 Å². The molecule has 0 aliphatic heterocycles. The van der Waals surface area contributed by atoms with Gasteiger partial charge in [0.05, 0.1) is 0 Å². The molecule has 1 aliphatic rings. The van der Waals surface area contributed by atoms with E-state index < -0.39 is 0 Å². The Morgan fingerprint density at radius 2 is 1.64 bits per heavy atom. The van der Waals surface area contributed by atoms with Gasteiger partial charge < -0.3 is 5.11 Å². The summed E-state index contributed by atoms with van der Waals surface area (Å²) in [5, 5.41) is 9.66. The van der Waals surface area contributed by atoms with Crippen molar-refractivity contribution < 1.29 is 5.11 Å². The van der Waals surface area contributed by atoms with Crippen molar-refractivity contribution in [3.05, 3.63) is 35.6 Å². The Bertz CT molecular complexity index is 222. The molecule has 0 aromatic carbocycles. The van der Waals surface area contributed by atoms with Crippen LogP contribution in [0.25, 0.3) is 0 Å². The van der Waals surface area contributed by atoms with Gasteiger partial charge in [-0.3, -0.25) is 0 Å². The first-order chi connectivity index (χ1) is 5.02. The molecule has 1 nitrogen and oxygen atoms in total. The van der Waals surface area contributed by atoms with E-state index in [9.17, 15) is 5.11 Å². The van der Waals surface area contributed by atoms with Crippen LogP contribution >= 0.6 is 0 Å². The summed E-state index contributed by atoms with van der Waals surface area (Å²) in [6, 6.07) is 0. The molecule has 0 aromatic rings. The number of rotatable bonds is 0. The van der Waals surface area contributed by atoms with Gasteiger partial charge in [-0.05, 0) is 0 Å². The Balaban J connectivity index is 2.97. The Morgan fingerprint density at radius 1 is 1.18 bits per heavy atom. The molecule has 0 radical (unpaired) electrons. The summed E-state index contributed by atoms with van der Waals surface area (Å²) >= 11 is 0. The number of aliphatic hydroxyl groups excluding tert-OH is 1. The molecule has 0 saturated heterocycles. The third-order valence-corrected chi connectivity index (χ3v) is 1.65. The summed E-state index contributed by atoms with van der Waals surface area (Å²) in [7, 11) is 0. The number of allylic oxidation sites excluding steroid dienone is 6. The summed E-state index contributed by atoms with van der Waals surface area (Å²) < 4.78 is 0. The zero-order valence-electron chi connectivity index (χ0n) is 7.26. The summed E-state index contributed by atoms with van der Waals surface area (Å²) in [5.41, 5.74) is 0.784. The monoisotopic (exact) mass is 150 g/mol. The van der Waals surface area contributed by atoms with E-state index in [0.717, 1.165) is 5.57 Å². The molecule has 0 atom stereocenters. The smallest absolute Gasteiger partial charge is 0.105 e. The zero-order chi connectivity index (χ0) is 8.48. The molecule has 0 bridgehead atoms. The Kier molecular flexibility index (Phi) is 1.90. The van der Waals surface area contributed by atoms with E-state index in [1.165, 1.54) is 0 Å². The first-order valence-electron chi connectivity index (χ1n) is 3.80. The van der Waals surface area contributed by atoms with E-state index in [2.05, 4.69) is 0 Å². The average molecular weight is 150 g/mol. The van der Waals surface area contributed by atoms with Crippen LogP contribution in [0.3, 0.4) is 0 Å². The van der Waals surface area contributed by atoms with Crippen LogP contribution < -0.4 is 0 Å². The topological polar surface area (TPSA) is 20.2 Å². The van der Waals surface area contributed by atoms with Crippen LogP contribution in [0.4, 0.5) is 0 Å². The van der Waals surface area contributed by atoms with Crippen molar-refractivity contribution in [2.45, 2.75) is 20.8 Å². The van der Waals surface area contributed by atoms with E-state index in [1.54, 1.807) is 0 Å². The van der Waals surface area contributed by atoms with Crippen molar-refractivity contribution >= 4 is 0 Å². The first-order valence-corrected chi connectivity index (χ1v) is 3.80. The number of hydrogen-bond donors (Lipinski definition) is 1. The fraction of sp³-hybridized carbons (Fsp3) is 0.400. The second kappa shape index (κ2) is 2.57. The molecular weight excluding hydrogens is 136 g/mol. The number of hydrogen-bond acceptors (Lipinski definition) is 1. The van der Waals surface area contributed by atoms with Crippen molar-refractivity contribution in [2.24, 2.45) is 5.41 Å².